The first-order valence-corrected chi connectivity index (χ1v) is 7.33. The van der Waals surface area contributed by atoms with E-state index < -0.39 is 12.9 Å². The molecule has 1 aromatic carbocycles. The van der Waals surface area contributed by atoms with Crippen molar-refractivity contribution in [3.63, 3.8) is 0 Å². The van der Waals surface area contributed by atoms with Crippen LogP contribution in [-0.2, 0) is 0 Å². The molecule has 0 spiro atoms. The summed E-state index contributed by atoms with van der Waals surface area (Å²) in [5.41, 5.74) is 2.47. The molecule has 3 nitrogen and oxygen atoms in total. The van der Waals surface area contributed by atoms with E-state index in [4.69, 9.17) is 23.8 Å². The fourth-order valence-electron chi connectivity index (χ4n) is 2.15. The van der Waals surface area contributed by atoms with Crippen LogP contribution < -0.4 is 0 Å². The number of imidazole rings is 1. The fraction of sp³-hybridized carbons (Fsp3) is 0.200. The van der Waals surface area contributed by atoms with Gasteiger partial charge in [0, 0.05) is 17.3 Å². The zero-order valence-corrected chi connectivity index (χ0v) is 13.9. The Morgan fingerprint density at radius 2 is 1.87 bits per heavy atom. The highest BCUT2D eigenvalue weighted by molar-refractivity contribution is 7.71. The topological polar surface area (TPSA) is 22.2 Å². The molecule has 0 bridgehead atoms. The Kier molecular flexibility index (Phi) is 5.43. The van der Waals surface area contributed by atoms with Gasteiger partial charge in [0.15, 0.2) is 0 Å². The molecular formula is C15H13ClF3N3S. The van der Waals surface area contributed by atoms with E-state index in [1.165, 1.54) is 10.5 Å². The second kappa shape index (κ2) is 7.14. The lowest BCUT2D eigenvalue weighted by Crippen LogP contribution is -2.06. The van der Waals surface area contributed by atoms with Crippen molar-refractivity contribution in [2.24, 2.45) is 0 Å². The highest BCUT2D eigenvalue weighted by Crippen LogP contribution is 2.21. The van der Waals surface area contributed by atoms with Crippen molar-refractivity contribution in [3.8, 4) is 5.69 Å². The maximum absolute atomic E-state index is 13.9. The SMILES string of the molecule is Cc1cn2c(F)cc(=S)n(-c3ccc(Cl)c(C)c3)c2n1.FCF. The highest BCUT2D eigenvalue weighted by Gasteiger charge is 2.11. The van der Waals surface area contributed by atoms with Gasteiger partial charge in [0.2, 0.25) is 18.7 Å². The number of fused-ring (bicyclic) bond motifs is 1. The molecule has 0 fully saturated rings. The predicted molar refractivity (Wildman–Crippen MR) is 86.9 cm³/mol. The van der Waals surface area contributed by atoms with Gasteiger partial charge in [-0.05, 0) is 37.6 Å². The molecule has 0 aliphatic rings. The van der Waals surface area contributed by atoms with E-state index in [1.807, 2.05) is 26.0 Å². The zero-order chi connectivity index (χ0) is 17.1. The van der Waals surface area contributed by atoms with Crippen LogP contribution in [0, 0.1) is 24.4 Å². The first-order chi connectivity index (χ1) is 10.9. The van der Waals surface area contributed by atoms with Crippen molar-refractivity contribution in [2.45, 2.75) is 13.8 Å². The van der Waals surface area contributed by atoms with E-state index in [0.717, 1.165) is 16.9 Å². The lowest BCUT2D eigenvalue weighted by atomic mass is 10.2. The Bertz CT molecular complexity index is 905. The van der Waals surface area contributed by atoms with Gasteiger partial charge >= 0.3 is 0 Å². The summed E-state index contributed by atoms with van der Waals surface area (Å²) in [5.74, 6) is 0.0294. The third-order valence-electron chi connectivity index (χ3n) is 3.10. The number of aryl methyl sites for hydroxylation is 2. The van der Waals surface area contributed by atoms with Gasteiger partial charge in [0.1, 0.15) is 4.64 Å². The lowest BCUT2D eigenvalue weighted by Gasteiger charge is -2.11. The van der Waals surface area contributed by atoms with Gasteiger partial charge in [-0.1, -0.05) is 23.8 Å². The van der Waals surface area contributed by atoms with E-state index in [0.29, 0.717) is 15.4 Å². The molecule has 0 N–H and O–H groups in total. The van der Waals surface area contributed by atoms with Crippen LogP contribution in [0.4, 0.5) is 13.2 Å². The van der Waals surface area contributed by atoms with Crippen molar-refractivity contribution in [3.05, 3.63) is 57.3 Å². The van der Waals surface area contributed by atoms with Crippen LogP contribution in [0.3, 0.4) is 0 Å². The van der Waals surface area contributed by atoms with Crippen molar-refractivity contribution in [1.82, 2.24) is 14.0 Å². The molecule has 0 aliphatic heterocycles. The Morgan fingerprint density at radius 1 is 1.22 bits per heavy atom. The lowest BCUT2D eigenvalue weighted by molar-refractivity contribution is 0.295. The summed E-state index contributed by atoms with van der Waals surface area (Å²) < 4.78 is 36.6. The van der Waals surface area contributed by atoms with E-state index in [9.17, 15) is 13.2 Å². The van der Waals surface area contributed by atoms with Crippen LogP contribution in [0.15, 0.2) is 30.5 Å². The predicted octanol–water partition coefficient (Wildman–Crippen LogP) is 5.15. The highest BCUT2D eigenvalue weighted by atomic mass is 35.5. The molecule has 0 saturated carbocycles. The van der Waals surface area contributed by atoms with Crippen molar-refractivity contribution < 1.29 is 13.2 Å². The third-order valence-corrected chi connectivity index (χ3v) is 3.83. The molecule has 2 heterocycles. The number of hydrogen-bond acceptors (Lipinski definition) is 2. The molecule has 2 aromatic heterocycles. The number of benzene rings is 1. The second-order valence-corrected chi connectivity index (χ2v) is 5.55. The quantitative estimate of drug-likeness (QED) is 0.443. The summed E-state index contributed by atoms with van der Waals surface area (Å²) in [4.78, 5) is 4.35. The van der Waals surface area contributed by atoms with Crippen LogP contribution in [0.1, 0.15) is 11.3 Å². The monoisotopic (exact) mass is 359 g/mol. The normalized spacial score (nSPS) is 10.5. The summed E-state index contributed by atoms with van der Waals surface area (Å²) in [6.07, 6.45) is 1.64. The van der Waals surface area contributed by atoms with Gasteiger partial charge in [-0.2, -0.15) is 4.39 Å². The second-order valence-electron chi connectivity index (χ2n) is 4.73. The maximum atomic E-state index is 13.9. The third kappa shape index (κ3) is 3.56. The number of rotatable bonds is 1. The average Bonchev–Trinajstić information content (AvgIpc) is 2.85. The summed E-state index contributed by atoms with van der Waals surface area (Å²) in [5, 5.41) is 0.679. The Balaban J connectivity index is 0.000000595. The number of halogens is 4. The molecule has 0 aliphatic carbocycles. The van der Waals surface area contributed by atoms with E-state index in [-0.39, 0.29) is 0 Å². The summed E-state index contributed by atoms with van der Waals surface area (Å²) >= 11 is 11.3. The Morgan fingerprint density at radius 3 is 2.48 bits per heavy atom. The van der Waals surface area contributed by atoms with Crippen molar-refractivity contribution in [2.75, 3.05) is 6.93 Å². The standard InChI is InChI=1S/C14H11ClFN3S.CH2F2/c1-8-5-10(3-4-11(8)15)19-13(20)6-12(16)18-7-9(2)17-14(18)19;2-1-3/h3-7H,1-2H3;1H2. The van der Waals surface area contributed by atoms with Gasteiger partial charge < -0.3 is 0 Å². The largest absolute Gasteiger partial charge is 0.270 e. The van der Waals surface area contributed by atoms with Crippen LogP contribution in [0.2, 0.25) is 5.02 Å². The molecule has 122 valence electrons. The van der Waals surface area contributed by atoms with Crippen LogP contribution in [-0.4, -0.2) is 20.9 Å². The van der Waals surface area contributed by atoms with E-state index in [1.54, 1.807) is 16.8 Å². The molecule has 3 aromatic rings. The molecular weight excluding hydrogens is 347 g/mol. The summed E-state index contributed by atoms with van der Waals surface area (Å²) in [6.45, 7) is 1.97. The number of aromatic nitrogens is 3. The first kappa shape index (κ1) is 17.5. The molecule has 0 saturated heterocycles. The molecule has 3 rings (SSSR count). The van der Waals surface area contributed by atoms with Crippen LogP contribution in [0.5, 0.6) is 0 Å². The first-order valence-electron chi connectivity index (χ1n) is 6.54. The van der Waals surface area contributed by atoms with Gasteiger partial charge in [0.25, 0.3) is 0 Å². The minimum absolute atomic E-state index is 0.363. The maximum Gasteiger partial charge on any atom is 0.229 e. The summed E-state index contributed by atoms with van der Waals surface area (Å²) in [7, 11) is 0. The van der Waals surface area contributed by atoms with Gasteiger partial charge in [-0.15, -0.1) is 0 Å². The molecule has 0 amide bonds. The smallest absolute Gasteiger partial charge is 0.229 e. The van der Waals surface area contributed by atoms with E-state index in [2.05, 4.69) is 4.98 Å². The van der Waals surface area contributed by atoms with Gasteiger partial charge in [-0.25, -0.2) is 13.8 Å². The Labute approximate surface area is 141 Å². The minimum Gasteiger partial charge on any atom is -0.270 e. The van der Waals surface area contributed by atoms with Crippen LogP contribution >= 0.6 is 23.8 Å². The number of nitrogens with zero attached hydrogens (tertiary/aromatic N) is 3. The molecule has 0 unspecified atom stereocenters. The number of hydrogen-bond donors (Lipinski definition) is 0. The van der Waals surface area contributed by atoms with Crippen molar-refractivity contribution in [1.29, 1.82) is 0 Å². The number of alkyl halides is 2. The molecule has 0 atom stereocenters. The van der Waals surface area contributed by atoms with Gasteiger partial charge in [0.05, 0.1) is 11.4 Å². The van der Waals surface area contributed by atoms with Gasteiger partial charge in [-0.3, -0.25) is 8.97 Å². The average molecular weight is 360 g/mol. The molecule has 0 radical (unpaired) electrons. The van der Waals surface area contributed by atoms with Crippen molar-refractivity contribution >= 4 is 29.6 Å². The Hall–Kier alpha value is -1.86. The zero-order valence-electron chi connectivity index (χ0n) is 12.4. The van der Waals surface area contributed by atoms with E-state index >= 15 is 0 Å². The minimum atomic E-state index is -1.75. The summed E-state index contributed by atoms with van der Waals surface area (Å²) in [6, 6.07) is 6.85. The molecule has 23 heavy (non-hydrogen) atoms. The molecule has 8 heteroatoms. The fourth-order valence-corrected chi connectivity index (χ4v) is 2.55. The van der Waals surface area contributed by atoms with Crippen LogP contribution in [0.25, 0.3) is 11.5 Å².